The molecule has 6 heteroatoms. The number of ether oxygens (including phenoxy) is 2. The molecule has 0 amide bonds. The van der Waals surface area contributed by atoms with Crippen LogP contribution in [-0.2, 0) is 9.47 Å². The van der Waals surface area contributed by atoms with Crippen LogP contribution in [0.3, 0.4) is 0 Å². The van der Waals surface area contributed by atoms with Crippen LogP contribution in [0.1, 0.15) is 49.4 Å². The number of hydrogen-bond acceptors (Lipinski definition) is 6. The van der Waals surface area contributed by atoms with Crippen LogP contribution in [0.2, 0.25) is 0 Å². The van der Waals surface area contributed by atoms with Gasteiger partial charge >= 0.3 is 5.97 Å². The molecule has 2 rings (SSSR count). The van der Waals surface area contributed by atoms with Crippen molar-refractivity contribution < 1.29 is 14.3 Å². The molecular formula is C16H25N3O3. The van der Waals surface area contributed by atoms with Crippen molar-refractivity contribution in [3.63, 3.8) is 0 Å². The summed E-state index contributed by atoms with van der Waals surface area (Å²) < 4.78 is 10.4. The van der Waals surface area contributed by atoms with Crippen LogP contribution in [-0.4, -0.2) is 43.0 Å². The van der Waals surface area contributed by atoms with E-state index in [1.807, 2.05) is 0 Å². The van der Waals surface area contributed by atoms with Gasteiger partial charge in [-0.25, -0.2) is 4.79 Å². The van der Waals surface area contributed by atoms with E-state index in [0.29, 0.717) is 18.0 Å². The van der Waals surface area contributed by atoms with Crippen LogP contribution in [0.5, 0.6) is 0 Å². The van der Waals surface area contributed by atoms with Crippen LogP contribution in [0.15, 0.2) is 12.3 Å². The number of hydrogen-bond donors (Lipinski definition) is 1. The molecule has 22 heavy (non-hydrogen) atoms. The standard InChI is InChI=1S/C16H25N3O3/c1-3-22-15(20)13-6-10-18-19-14(13)17-11-9-16(12-21-2)7-4-5-8-16/h6,10H,3-5,7-9,11-12H2,1-2H3,(H,17,19). The molecule has 122 valence electrons. The highest BCUT2D eigenvalue weighted by Crippen LogP contribution is 2.41. The Bertz CT molecular complexity index is 487. The zero-order valence-electron chi connectivity index (χ0n) is 13.4. The molecule has 1 saturated carbocycles. The third-order valence-electron chi connectivity index (χ3n) is 4.28. The van der Waals surface area contributed by atoms with Gasteiger partial charge in [0.2, 0.25) is 0 Å². The van der Waals surface area contributed by atoms with Gasteiger partial charge in [-0.1, -0.05) is 12.8 Å². The Morgan fingerprint density at radius 3 is 2.86 bits per heavy atom. The van der Waals surface area contributed by atoms with Gasteiger partial charge in [0, 0.05) is 13.7 Å². The van der Waals surface area contributed by atoms with E-state index in [1.165, 1.54) is 31.9 Å². The quantitative estimate of drug-likeness (QED) is 0.744. The summed E-state index contributed by atoms with van der Waals surface area (Å²) in [7, 11) is 1.76. The maximum atomic E-state index is 11.9. The molecule has 0 unspecified atom stereocenters. The minimum Gasteiger partial charge on any atom is -0.462 e. The second-order valence-electron chi connectivity index (χ2n) is 5.83. The number of nitrogens with one attached hydrogen (secondary N) is 1. The first kappa shape index (κ1) is 16.7. The van der Waals surface area contributed by atoms with E-state index in [1.54, 1.807) is 20.1 Å². The fourth-order valence-corrected chi connectivity index (χ4v) is 3.18. The zero-order chi connectivity index (χ0) is 15.8. The molecule has 1 N–H and O–H groups in total. The average molecular weight is 307 g/mol. The van der Waals surface area contributed by atoms with E-state index in [9.17, 15) is 4.79 Å². The summed E-state index contributed by atoms with van der Waals surface area (Å²) in [6.45, 7) is 3.67. The maximum absolute atomic E-state index is 11.9. The van der Waals surface area contributed by atoms with Gasteiger partial charge in [0.25, 0.3) is 0 Å². The van der Waals surface area contributed by atoms with Crippen molar-refractivity contribution in [3.8, 4) is 0 Å². The molecule has 1 aromatic heterocycles. The van der Waals surface area contributed by atoms with Crippen molar-refractivity contribution in [1.29, 1.82) is 0 Å². The number of esters is 1. The van der Waals surface area contributed by atoms with Gasteiger partial charge < -0.3 is 14.8 Å². The van der Waals surface area contributed by atoms with Gasteiger partial charge in [-0.15, -0.1) is 5.10 Å². The monoisotopic (exact) mass is 307 g/mol. The Morgan fingerprint density at radius 2 is 2.18 bits per heavy atom. The smallest absolute Gasteiger partial charge is 0.342 e. The Hall–Kier alpha value is -1.69. The molecule has 0 spiro atoms. The molecule has 1 aliphatic rings. The zero-order valence-corrected chi connectivity index (χ0v) is 13.4. The molecular weight excluding hydrogens is 282 g/mol. The van der Waals surface area contributed by atoms with Crippen molar-refractivity contribution in [3.05, 3.63) is 17.8 Å². The Kier molecular flexibility index (Phi) is 6.12. The molecule has 0 bridgehead atoms. The number of carbonyl (C=O) groups is 1. The van der Waals surface area contributed by atoms with Crippen molar-refractivity contribution in [2.75, 3.05) is 32.2 Å². The molecule has 0 aromatic carbocycles. The Morgan fingerprint density at radius 1 is 1.41 bits per heavy atom. The summed E-state index contributed by atoms with van der Waals surface area (Å²) in [6, 6.07) is 1.63. The largest absolute Gasteiger partial charge is 0.462 e. The SMILES string of the molecule is CCOC(=O)c1ccnnc1NCCC1(COC)CCCC1. The lowest BCUT2D eigenvalue weighted by Crippen LogP contribution is -2.26. The van der Waals surface area contributed by atoms with Crippen molar-refractivity contribution in [1.82, 2.24) is 10.2 Å². The fraction of sp³-hybridized carbons (Fsp3) is 0.688. The maximum Gasteiger partial charge on any atom is 0.342 e. The predicted octanol–water partition coefficient (Wildman–Crippen LogP) is 2.66. The molecule has 0 radical (unpaired) electrons. The normalized spacial score (nSPS) is 16.5. The third kappa shape index (κ3) is 4.16. The molecule has 6 nitrogen and oxygen atoms in total. The first-order chi connectivity index (χ1) is 10.7. The molecule has 1 fully saturated rings. The van der Waals surface area contributed by atoms with E-state index in [4.69, 9.17) is 9.47 Å². The highest BCUT2D eigenvalue weighted by molar-refractivity contribution is 5.94. The lowest BCUT2D eigenvalue weighted by molar-refractivity contribution is 0.0526. The van der Waals surface area contributed by atoms with Crippen LogP contribution < -0.4 is 5.32 Å². The summed E-state index contributed by atoms with van der Waals surface area (Å²) in [6.07, 6.45) is 7.44. The number of nitrogens with zero attached hydrogens (tertiary/aromatic N) is 2. The fourth-order valence-electron chi connectivity index (χ4n) is 3.18. The molecule has 0 atom stereocenters. The van der Waals surface area contributed by atoms with Crippen LogP contribution in [0, 0.1) is 5.41 Å². The highest BCUT2D eigenvalue weighted by atomic mass is 16.5. The third-order valence-corrected chi connectivity index (χ3v) is 4.28. The van der Waals surface area contributed by atoms with Crippen LogP contribution in [0.25, 0.3) is 0 Å². The van der Waals surface area contributed by atoms with Crippen LogP contribution in [0.4, 0.5) is 5.82 Å². The lowest BCUT2D eigenvalue weighted by Gasteiger charge is -2.28. The Balaban J connectivity index is 1.95. The molecule has 1 heterocycles. The van der Waals surface area contributed by atoms with Crippen molar-refractivity contribution in [2.45, 2.75) is 39.0 Å². The summed E-state index contributed by atoms with van der Waals surface area (Å²) in [4.78, 5) is 11.9. The minimum absolute atomic E-state index is 0.258. The lowest BCUT2D eigenvalue weighted by atomic mass is 9.83. The van der Waals surface area contributed by atoms with Gasteiger partial charge in [0.15, 0.2) is 5.82 Å². The highest BCUT2D eigenvalue weighted by Gasteiger charge is 2.33. The number of anilines is 1. The van der Waals surface area contributed by atoms with Crippen LogP contribution >= 0.6 is 0 Å². The number of methoxy groups -OCH3 is 1. The summed E-state index contributed by atoms with van der Waals surface area (Å²) in [5, 5.41) is 11.1. The van der Waals surface area contributed by atoms with E-state index in [2.05, 4.69) is 15.5 Å². The van der Waals surface area contributed by atoms with Gasteiger partial charge in [0.1, 0.15) is 5.56 Å². The van der Waals surface area contributed by atoms with E-state index in [-0.39, 0.29) is 11.4 Å². The average Bonchev–Trinajstić information content (AvgIpc) is 2.97. The number of rotatable bonds is 8. The summed E-state index contributed by atoms with van der Waals surface area (Å²) >= 11 is 0. The minimum atomic E-state index is -0.368. The Labute approximate surface area is 131 Å². The van der Waals surface area contributed by atoms with E-state index in [0.717, 1.165) is 19.6 Å². The molecule has 0 saturated heterocycles. The van der Waals surface area contributed by atoms with Gasteiger partial charge in [-0.2, -0.15) is 5.10 Å². The topological polar surface area (TPSA) is 73.3 Å². The molecule has 0 aliphatic heterocycles. The second-order valence-corrected chi connectivity index (χ2v) is 5.83. The first-order valence-corrected chi connectivity index (χ1v) is 7.92. The van der Waals surface area contributed by atoms with E-state index < -0.39 is 0 Å². The summed E-state index contributed by atoms with van der Waals surface area (Å²) in [5.74, 6) is 0.124. The van der Waals surface area contributed by atoms with E-state index >= 15 is 0 Å². The van der Waals surface area contributed by atoms with Gasteiger partial charge in [0.05, 0.1) is 19.4 Å². The number of aromatic nitrogens is 2. The number of carbonyl (C=O) groups excluding carboxylic acids is 1. The molecule has 1 aromatic rings. The van der Waals surface area contributed by atoms with Gasteiger partial charge in [-0.3, -0.25) is 0 Å². The predicted molar refractivity (Wildman–Crippen MR) is 83.9 cm³/mol. The second kappa shape index (κ2) is 8.08. The first-order valence-electron chi connectivity index (χ1n) is 7.92. The van der Waals surface area contributed by atoms with Crippen molar-refractivity contribution >= 4 is 11.8 Å². The van der Waals surface area contributed by atoms with Gasteiger partial charge in [-0.05, 0) is 37.7 Å². The summed E-state index contributed by atoms with van der Waals surface area (Å²) in [5.41, 5.74) is 0.692. The van der Waals surface area contributed by atoms with Crippen molar-refractivity contribution in [2.24, 2.45) is 5.41 Å². The molecule has 1 aliphatic carbocycles.